The third-order valence-corrected chi connectivity index (χ3v) is 4.26. The quantitative estimate of drug-likeness (QED) is 0.428. The Morgan fingerprint density at radius 3 is 2.17 bits per heavy atom. The van der Waals surface area contributed by atoms with E-state index in [1.807, 2.05) is 61.5 Å². The first kappa shape index (κ1) is 20.1. The zero-order valence-electron chi connectivity index (χ0n) is 16.5. The Balaban J connectivity index is 1.98. The molecule has 0 saturated heterocycles. The van der Waals surface area contributed by atoms with Crippen molar-refractivity contribution in [1.82, 2.24) is 0 Å². The lowest BCUT2D eigenvalue weighted by Crippen LogP contribution is -2.31. The summed E-state index contributed by atoms with van der Waals surface area (Å²) in [6, 6.07) is 23.9. The molecule has 29 heavy (non-hydrogen) atoms. The third-order valence-electron chi connectivity index (χ3n) is 4.26. The number of amides is 1. The average Bonchev–Trinajstić information content (AvgIpc) is 2.73. The van der Waals surface area contributed by atoms with Crippen LogP contribution < -0.4 is 14.4 Å². The molecule has 0 aliphatic heterocycles. The highest BCUT2D eigenvalue weighted by Crippen LogP contribution is 2.27. The number of para-hydroxylation sites is 1. The normalized spacial score (nSPS) is 10.3. The Morgan fingerprint density at radius 1 is 0.862 bits per heavy atom. The Kier molecular flexibility index (Phi) is 6.63. The highest BCUT2D eigenvalue weighted by Gasteiger charge is 2.22. The second kappa shape index (κ2) is 9.55. The number of ether oxygens (including phenoxy) is 2. The molecule has 0 aliphatic carbocycles. The summed E-state index contributed by atoms with van der Waals surface area (Å²) in [5, 5.41) is 0. The van der Waals surface area contributed by atoms with Crippen LogP contribution in [0.5, 0.6) is 11.5 Å². The number of carbonyl (C=O) groups is 2. The van der Waals surface area contributed by atoms with Gasteiger partial charge in [-0.15, -0.1) is 0 Å². The standard InChI is InChI=1S/C24H23NO4/c1-3-28-21-15-13-20(14-16-21)25(17-19-9-5-4-6-10-19)24(27)22-11-7-8-12-23(22)29-18(2)26/h4-16H,3,17H2,1-2H3. The van der Waals surface area contributed by atoms with Crippen LogP contribution in [0.25, 0.3) is 0 Å². The van der Waals surface area contributed by atoms with Crippen LogP contribution in [0.2, 0.25) is 0 Å². The van der Waals surface area contributed by atoms with Crippen molar-refractivity contribution in [1.29, 1.82) is 0 Å². The Hall–Kier alpha value is -3.60. The van der Waals surface area contributed by atoms with Gasteiger partial charge in [0.05, 0.1) is 18.7 Å². The van der Waals surface area contributed by atoms with E-state index in [1.165, 1.54) is 6.92 Å². The predicted molar refractivity (Wildman–Crippen MR) is 112 cm³/mol. The summed E-state index contributed by atoms with van der Waals surface area (Å²) >= 11 is 0. The zero-order chi connectivity index (χ0) is 20.6. The van der Waals surface area contributed by atoms with E-state index in [-0.39, 0.29) is 11.7 Å². The molecule has 0 saturated carbocycles. The van der Waals surface area contributed by atoms with Crippen LogP contribution in [0.4, 0.5) is 5.69 Å². The smallest absolute Gasteiger partial charge is 0.308 e. The number of hydrogen-bond donors (Lipinski definition) is 0. The number of anilines is 1. The van der Waals surface area contributed by atoms with Crippen molar-refractivity contribution in [3.63, 3.8) is 0 Å². The largest absolute Gasteiger partial charge is 0.494 e. The molecule has 1 amide bonds. The van der Waals surface area contributed by atoms with Crippen LogP contribution in [0.3, 0.4) is 0 Å². The fourth-order valence-electron chi connectivity index (χ4n) is 2.97. The Bertz CT molecular complexity index is 968. The molecule has 0 fully saturated rings. The maximum absolute atomic E-state index is 13.5. The van der Waals surface area contributed by atoms with Gasteiger partial charge in [0.2, 0.25) is 0 Å². The molecule has 0 radical (unpaired) electrons. The summed E-state index contributed by atoms with van der Waals surface area (Å²) in [6.07, 6.45) is 0. The van der Waals surface area contributed by atoms with Crippen molar-refractivity contribution >= 4 is 17.6 Å². The summed E-state index contributed by atoms with van der Waals surface area (Å²) in [4.78, 5) is 26.6. The fraction of sp³-hybridized carbons (Fsp3) is 0.167. The van der Waals surface area contributed by atoms with Crippen molar-refractivity contribution in [3.8, 4) is 11.5 Å². The molecule has 0 aliphatic rings. The van der Waals surface area contributed by atoms with Gasteiger partial charge in [0, 0.05) is 12.6 Å². The van der Waals surface area contributed by atoms with Crippen molar-refractivity contribution in [2.45, 2.75) is 20.4 Å². The predicted octanol–water partition coefficient (Wildman–Crippen LogP) is 4.86. The Morgan fingerprint density at radius 2 is 1.52 bits per heavy atom. The van der Waals surface area contributed by atoms with E-state index >= 15 is 0 Å². The number of rotatable bonds is 7. The summed E-state index contributed by atoms with van der Waals surface area (Å²) in [6.45, 7) is 4.18. The highest BCUT2D eigenvalue weighted by molar-refractivity contribution is 6.08. The maximum atomic E-state index is 13.5. The lowest BCUT2D eigenvalue weighted by molar-refractivity contribution is -0.131. The minimum atomic E-state index is -0.471. The van der Waals surface area contributed by atoms with E-state index in [0.29, 0.717) is 18.7 Å². The summed E-state index contributed by atoms with van der Waals surface area (Å²) in [5.41, 5.74) is 2.03. The van der Waals surface area contributed by atoms with Crippen LogP contribution >= 0.6 is 0 Å². The molecule has 3 aromatic rings. The summed E-state index contributed by atoms with van der Waals surface area (Å²) < 4.78 is 10.8. The van der Waals surface area contributed by atoms with Gasteiger partial charge in [-0.25, -0.2) is 0 Å². The van der Waals surface area contributed by atoms with Gasteiger partial charge in [0.1, 0.15) is 11.5 Å². The van der Waals surface area contributed by atoms with Crippen molar-refractivity contribution < 1.29 is 19.1 Å². The molecule has 0 N–H and O–H groups in total. The second-order valence-corrected chi connectivity index (χ2v) is 6.39. The van der Waals surface area contributed by atoms with Crippen LogP contribution in [0, 0.1) is 0 Å². The minimum Gasteiger partial charge on any atom is -0.494 e. The lowest BCUT2D eigenvalue weighted by Gasteiger charge is -2.24. The van der Waals surface area contributed by atoms with Gasteiger partial charge >= 0.3 is 5.97 Å². The number of benzene rings is 3. The van der Waals surface area contributed by atoms with E-state index in [1.54, 1.807) is 29.2 Å². The molecule has 0 bridgehead atoms. The van der Waals surface area contributed by atoms with E-state index in [4.69, 9.17) is 9.47 Å². The topological polar surface area (TPSA) is 55.8 Å². The monoisotopic (exact) mass is 389 g/mol. The van der Waals surface area contributed by atoms with Gasteiger partial charge < -0.3 is 14.4 Å². The van der Waals surface area contributed by atoms with Crippen LogP contribution in [-0.4, -0.2) is 18.5 Å². The molecule has 148 valence electrons. The van der Waals surface area contributed by atoms with Gasteiger partial charge in [-0.05, 0) is 48.9 Å². The van der Waals surface area contributed by atoms with E-state index in [9.17, 15) is 9.59 Å². The molecule has 0 heterocycles. The molecule has 5 nitrogen and oxygen atoms in total. The average molecular weight is 389 g/mol. The van der Waals surface area contributed by atoms with Crippen LogP contribution in [0.15, 0.2) is 78.9 Å². The molecule has 5 heteroatoms. The zero-order valence-corrected chi connectivity index (χ0v) is 16.5. The van der Waals surface area contributed by atoms with Gasteiger partial charge in [0.25, 0.3) is 5.91 Å². The summed E-state index contributed by atoms with van der Waals surface area (Å²) in [5.74, 6) is 0.258. The van der Waals surface area contributed by atoms with E-state index in [0.717, 1.165) is 17.0 Å². The Labute approximate surface area is 170 Å². The van der Waals surface area contributed by atoms with Gasteiger partial charge in [-0.3, -0.25) is 9.59 Å². The number of nitrogens with zero attached hydrogens (tertiary/aromatic N) is 1. The first-order valence-electron chi connectivity index (χ1n) is 9.44. The first-order chi connectivity index (χ1) is 14.1. The van der Waals surface area contributed by atoms with Gasteiger partial charge in [-0.2, -0.15) is 0 Å². The van der Waals surface area contributed by atoms with Gasteiger partial charge in [-0.1, -0.05) is 42.5 Å². The number of esters is 1. The first-order valence-corrected chi connectivity index (χ1v) is 9.44. The molecular weight excluding hydrogens is 366 g/mol. The third kappa shape index (κ3) is 5.23. The van der Waals surface area contributed by atoms with Crippen LogP contribution in [0.1, 0.15) is 29.8 Å². The summed E-state index contributed by atoms with van der Waals surface area (Å²) in [7, 11) is 0. The number of carbonyl (C=O) groups excluding carboxylic acids is 2. The molecule has 3 aromatic carbocycles. The second-order valence-electron chi connectivity index (χ2n) is 6.39. The van der Waals surface area contributed by atoms with Gasteiger partial charge in [0.15, 0.2) is 0 Å². The highest BCUT2D eigenvalue weighted by atomic mass is 16.5. The van der Waals surface area contributed by atoms with Crippen molar-refractivity contribution in [2.24, 2.45) is 0 Å². The molecule has 0 unspecified atom stereocenters. The minimum absolute atomic E-state index is 0.244. The van der Waals surface area contributed by atoms with Crippen molar-refractivity contribution in [3.05, 3.63) is 90.0 Å². The fourth-order valence-corrected chi connectivity index (χ4v) is 2.97. The lowest BCUT2D eigenvalue weighted by atomic mass is 10.1. The molecule has 3 rings (SSSR count). The van der Waals surface area contributed by atoms with Crippen LogP contribution in [-0.2, 0) is 11.3 Å². The van der Waals surface area contributed by atoms with E-state index in [2.05, 4.69) is 0 Å². The van der Waals surface area contributed by atoms with Crippen molar-refractivity contribution in [2.75, 3.05) is 11.5 Å². The molecule has 0 spiro atoms. The van der Waals surface area contributed by atoms with E-state index < -0.39 is 5.97 Å². The number of hydrogen-bond acceptors (Lipinski definition) is 4. The molecular formula is C24H23NO4. The molecule has 0 atom stereocenters. The maximum Gasteiger partial charge on any atom is 0.308 e. The SMILES string of the molecule is CCOc1ccc(N(Cc2ccccc2)C(=O)c2ccccc2OC(C)=O)cc1. The molecule has 0 aromatic heterocycles.